The van der Waals surface area contributed by atoms with Gasteiger partial charge >= 0.3 is 12.2 Å². The molecule has 1 aliphatic heterocycles. The van der Waals surface area contributed by atoms with Gasteiger partial charge in [0.2, 0.25) is 0 Å². The molecular weight excluding hydrogens is 343 g/mol. The summed E-state index contributed by atoms with van der Waals surface area (Å²) in [6.45, 7) is 0.896. The summed E-state index contributed by atoms with van der Waals surface area (Å²) >= 11 is 0. The quantitative estimate of drug-likeness (QED) is 0.784. The van der Waals surface area contributed by atoms with Crippen LogP contribution in [-0.2, 0) is 0 Å². The number of carbonyl (C=O) groups is 1. The van der Waals surface area contributed by atoms with E-state index >= 15 is 0 Å². The topological polar surface area (TPSA) is 32.3 Å². The number of amides is 2. The third kappa shape index (κ3) is 4.04. The van der Waals surface area contributed by atoms with Crippen LogP contribution in [0.3, 0.4) is 0 Å². The van der Waals surface area contributed by atoms with E-state index in [1.165, 1.54) is 5.32 Å². The average Bonchev–Trinajstić information content (AvgIpc) is 2.53. The van der Waals surface area contributed by atoms with E-state index < -0.39 is 23.7 Å². The molecule has 0 bridgehead atoms. The monoisotopic (exact) mass is 364 g/mol. The molecule has 1 saturated heterocycles. The van der Waals surface area contributed by atoms with Gasteiger partial charge in [-0.1, -0.05) is 30.3 Å². The summed E-state index contributed by atoms with van der Waals surface area (Å²) in [5, 5.41) is 1.51. The first-order valence-corrected chi connectivity index (χ1v) is 8.02. The maximum absolute atomic E-state index is 13.5. The molecule has 3 nitrogen and oxygen atoms in total. The van der Waals surface area contributed by atoms with Crippen LogP contribution >= 0.6 is 0 Å². The Morgan fingerprint density at radius 3 is 2.00 bits per heavy atom. The normalized spacial score (nSPS) is 19.4. The van der Waals surface area contributed by atoms with Crippen molar-refractivity contribution in [3.63, 3.8) is 0 Å². The maximum atomic E-state index is 13.5. The zero-order valence-corrected chi connectivity index (χ0v) is 14.0. The molecule has 1 aliphatic rings. The van der Waals surface area contributed by atoms with Crippen LogP contribution in [-0.4, -0.2) is 41.7 Å². The number of halogens is 5. The molecule has 1 aromatic carbocycles. The van der Waals surface area contributed by atoms with Crippen molar-refractivity contribution in [1.29, 1.82) is 0 Å². The second-order valence-electron chi connectivity index (χ2n) is 6.61. The summed E-state index contributed by atoms with van der Waals surface area (Å²) < 4.78 is 66.3. The molecule has 2 rings (SSSR count). The largest absolute Gasteiger partial charge is 0.417 e. The Morgan fingerprint density at radius 2 is 1.56 bits per heavy atom. The van der Waals surface area contributed by atoms with Gasteiger partial charge in [0.05, 0.1) is 0 Å². The van der Waals surface area contributed by atoms with Crippen LogP contribution in [0.5, 0.6) is 0 Å². The van der Waals surface area contributed by atoms with Crippen molar-refractivity contribution in [2.75, 3.05) is 13.1 Å². The van der Waals surface area contributed by atoms with Gasteiger partial charge in [-0.25, -0.2) is 13.6 Å². The Kier molecular flexibility index (Phi) is 5.30. The number of nitrogens with zero attached hydrogens (tertiary/aromatic N) is 1. The van der Waals surface area contributed by atoms with Crippen LogP contribution in [0.15, 0.2) is 30.3 Å². The summed E-state index contributed by atoms with van der Waals surface area (Å²) in [6, 6.07) is 8.47. The molecule has 0 saturated carbocycles. The fraction of sp³-hybridized carbons (Fsp3) is 0.588. The molecule has 2 amide bonds. The minimum absolute atomic E-state index is 0.155. The number of likely N-dealkylation sites (tertiary alicyclic amines) is 1. The van der Waals surface area contributed by atoms with E-state index in [0.29, 0.717) is 19.8 Å². The van der Waals surface area contributed by atoms with Crippen molar-refractivity contribution in [3.8, 4) is 0 Å². The lowest BCUT2D eigenvalue weighted by molar-refractivity contribution is -0.250. The van der Waals surface area contributed by atoms with Gasteiger partial charge in [0.1, 0.15) is 0 Å². The first-order valence-electron chi connectivity index (χ1n) is 8.02. The van der Waals surface area contributed by atoms with Crippen LogP contribution in [0.1, 0.15) is 38.2 Å². The van der Waals surface area contributed by atoms with E-state index in [2.05, 4.69) is 0 Å². The summed E-state index contributed by atoms with van der Waals surface area (Å²) in [7, 11) is 0. The minimum Gasteiger partial charge on any atom is -0.325 e. The van der Waals surface area contributed by atoms with Gasteiger partial charge in [-0.15, -0.1) is 0 Å². The highest BCUT2D eigenvalue weighted by molar-refractivity contribution is 5.75. The number of hydrogen-bond donors (Lipinski definition) is 1. The SMILES string of the molecule is CC(F)(F)C(C)(NC(=O)N1CCC(c2ccccc2)CC1)C(F)(F)F. The summed E-state index contributed by atoms with van der Waals surface area (Å²) in [4.78, 5) is 13.3. The number of carbonyl (C=O) groups excluding carboxylic acids is 1. The minimum atomic E-state index is -5.27. The van der Waals surface area contributed by atoms with E-state index in [0.717, 1.165) is 10.5 Å². The maximum Gasteiger partial charge on any atom is 0.417 e. The Bertz CT molecular complexity index is 575. The second kappa shape index (κ2) is 6.80. The number of piperidine rings is 1. The van der Waals surface area contributed by atoms with Crippen molar-refractivity contribution in [3.05, 3.63) is 35.9 Å². The number of benzene rings is 1. The van der Waals surface area contributed by atoms with Gasteiger partial charge < -0.3 is 10.2 Å². The zero-order valence-electron chi connectivity index (χ0n) is 14.0. The predicted molar refractivity (Wildman–Crippen MR) is 83.6 cm³/mol. The summed E-state index contributed by atoms with van der Waals surface area (Å²) in [5.41, 5.74) is -2.52. The highest BCUT2D eigenvalue weighted by Gasteiger charge is 2.65. The van der Waals surface area contributed by atoms with E-state index in [4.69, 9.17) is 0 Å². The first-order chi connectivity index (χ1) is 11.5. The van der Waals surface area contributed by atoms with Gasteiger partial charge in [-0.2, -0.15) is 13.2 Å². The number of rotatable bonds is 3. The fourth-order valence-corrected chi connectivity index (χ4v) is 2.86. The molecule has 8 heteroatoms. The smallest absolute Gasteiger partial charge is 0.325 e. The van der Waals surface area contributed by atoms with E-state index in [9.17, 15) is 26.7 Å². The van der Waals surface area contributed by atoms with Gasteiger partial charge in [-0.3, -0.25) is 0 Å². The van der Waals surface area contributed by atoms with Crippen LogP contribution in [0.2, 0.25) is 0 Å². The van der Waals surface area contributed by atoms with Crippen LogP contribution in [0.4, 0.5) is 26.7 Å². The lowest BCUT2D eigenvalue weighted by atomic mass is 9.89. The molecule has 1 N–H and O–H groups in total. The van der Waals surface area contributed by atoms with Crippen molar-refractivity contribution >= 4 is 6.03 Å². The Balaban J connectivity index is 2.02. The molecule has 1 atom stereocenters. The molecule has 0 aromatic heterocycles. The molecule has 140 valence electrons. The van der Waals surface area contributed by atoms with Crippen molar-refractivity contribution < 1.29 is 26.7 Å². The van der Waals surface area contributed by atoms with E-state index in [-0.39, 0.29) is 25.9 Å². The van der Waals surface area contributed by atoms with Crippen molar-refractivity contribution in [1.82, 2.24) is 10.2 Å². The molecule has 0 radical (unpaired) electrons. The molecule has 25 heavy (non-hydrogen) atoms. The molecule has 1 fully saturated rings. The lowest BCUT2D eigenvalue weighted by Gasteiger charge is -2.40. The second-order valence-corrected chi connectivity index (χ2v) is 6.61. The highest BCUT2D eigenvalue weighted by atomic mass is 19.4. The third-order valence-electron chi connectivity index (χ3n) is 4.85. The van der Waals surface area contributed by atoms with Crippen LogP contribution < -0.4 is 5.32 Å². The number of nitrogens with one attached hydrogen (secondary N) is 1. The summed E-state index contributed by atoms with van der Waals surface area (Å²) in [5.74, 6) is -3.95. The molecule has 1 aromatic rings. The Labute approximate surface area is 143 Å². The zero-order chi connectivity index (χ0) is 18.9. The number of alkyl halides is 5. The highest BCUT2D eigenvalue weighted by Crippen LogP contribution is 2.41. The van der Waals surface area contributed by atoms with Crippen molar-refractivity contribution in [2.24, 2.45) is 0 Å². The Morgan fingerprint density at radius 1 is 1.04 bits per heavy atom. The Hall–Kier alpha value is -1.86. The van der Waals surface area contributed by atoms with Gasteiger partial charge in [0, 0.05) is 20.0 Å². The number of urea groups is 1. The van der Waals surface area contributed by atoms with Crippen LogP contribution in [0, 0.1) is 0 Å². The lowest BCUT2D eigenvalue weighted by Crippen LogP contribution is -2.67. The van der Waals surface area contributed by atoms with E-state index in [1.807, 2.05) is 30.3 Å². The molecule has 1 unspecified atom stereocenters. The third-order valence-corrected chi connectivity index (χ3v) is 4.85. The molecule has 0 aliphatic carbocycles. The molecule has 1 heterocycles. The summed E-state index contributed by atoms with van der Waals surface area (Å²) in [6.07, 6.45) is -4.13. The van der Waals surface area contributed by atoms with Gasteiger partial charge in [0.15, 0.2) is 5.54 Å². The standard InChI is InChI=1S/C17H21F5N2O/c1-15(16(2,18)19,17(20,21)22)23-14(25)24-10-8-13(9-11-24)12-6-4-3-5-7-12/h3-7,13H,8-11H2,1-2H3,(H,23,25). The molecular formula is C17H21F5N2O. The van der Waals surface area contributed by atoms with Gasteiger partial charge in [-0.05, 0) is 31.2 Å². The van der Waals surface area contributed by atoms with Crippen molar-refractivity contribution in [2.45, 2.75) is 50.2 Å². The van der Waals surface area contributed by atoms with Crippen LogP contribution in [0.25, 0.3) is 0 Å². The first kappa shape index (κ1) is 19.5. The van der Waals surface area contributed by atoms with E-state index in [1.54, 1.807) is 0 Å². The van der Waals surface area contributed by atoms with Gasteiger partial charge in [0.25, 0.3) is 5.92 Å². The molecule has 0 spiro atoms. The fourth-order valence-electron chi connectivity index (χ4n) is 2.86. The predicted octanol–water partition coefficient (Wildman–Crippen LogP) is 4.55. The average molecular weight is 364 g/mol. The number of hydrogen-bond acceptors (Lipinski definition) is 1.